The van der Waals surface area contributed by atoms with Crippen molar-refractivity contribution in [2.75, 3.05) is 46.9 Å². The molecule has 1 aliphatic rings. The summed E-state index contributed by atoms with van der Waals surface area (Å²) in [5.41, 5.74) is -0.550. The molecule has 0 aromatic rings. The van der Waals surface area contributed by atoms with Gasteiger partial charge in [0.1, 0.15) is 5.54 Å². The maximum absolute atomic E-state index is 12.1. The van der Waals surface area contributed by atoms with E-state index in [1.165, 1.54) is 13.0 Å². The van der Waals surface area contributed by atoms with E-state index in [2.05, 4.69) is 29.2 Å². The molecule has 0 aromatic heterocycles. The van der Waals surface area contributed by atoms with E-state index in [1.54, 1.807) is 0 Å². The third-order valence-corrected chi connectivity index (χ3v) is 4.42. The van der Waals surface area contributed by atoms with Crippen LogP contribution in [0.25, 0.3) is 0 Å². The van der Waals surface area contributed by atoms with E-state index in [-0.39, 0.29) is 5.97 Å². The van der Waals surface area contributed by atoms with E-state index < -0.39 is 5.54 Å². The molecule has 2 atom stereocenters. The minimum absolute atomic E-state index is 0.126. The molecule has 1 aliphatic heterocycles. The normalized spacial score (nSPS) is 22.5. The van der Waals surface area contributed by atoms with Gasteiger partial charge in [0.25, 0.3) is 0 Å². The first kappa shape index (κ1) is 18.4. The Morgan fingerprint density at radius 2 is 2.14 bits per heavy atom. The summed E-state index contributed by atoms with van der Waals surface area (Å²) in [5.74, 6) is -0.126. The molecule has 21 heavy (non-hydrogen) atoms. The van der Waals surface area contributed by atoms with Crippen LogP contribution < -0.4 is 5.32 Å². The fourth-order valence-electron chi connectivity index (χ4n) is 3.04. The Morgan fingerprint density at radius 1 is 1.43 bits per heavy atom. The molecule has 0 bridgehead atoms. The predicted octanol–water partition coefficient (Wildman–Crippen LogP) is 1.33. The molecule has 0 aliphatic carbocycles. The number of likely N-dealkylation sites (N-methyl/N-ethyl adjacent to an activating group) is 2. The van der Waals surface area contributed by atoms with Crippen LogP contribution in [0.3, 0.4) is 0 Å². The standard InChI is InChI=1S/C16H33N3O2/c1-6-17-16(3,15(20)21-7-2)10-8-11-19-12-9-14(13-19)18(4)5/h14,17H,6-13H2,1-5H3. The van der Waals surface area contributed by atoms with Gasteiger partial charge in [-0.25, -0.2) is 0 Å². The fraction of sp³-hybridized carbons (Fsp3) is 0.938. The molecule has 5 heteroatoms. The van der Waals surface area contributed by atoms with Crippen molar-refractivity contribution in [1.29, 1.82) is 0 Å². The number of carbonyl (C=O) groups excluding carboxylic acids is 1. The lowest BCUT2D eigenvalue weighted by Crippen LogP contribution is -2.50. The van der Waals surface area contributed by atoms with Gasteiger partial charge in [-0.3, -0.25) is 4.79 Å². The smallest absolute Gasteiger partial charge is 0.326 e. The van der Waals surface area contributed by atoms with Crippen LogP contribution in [0.15, 0.2) is 0 Å². The molecule has 0 saturated carbocycles. The second-order valence-corrected chi connectivity index (χ2v) is 6.39. The average Bonchev–Trinajstić information content (AvgIpc) is 2.88. The summed E-state index contributed by atoms with van der Waals surface area (Å²) < 4.78 is 5.21. The van der Waals surface area contributed by atoms with Crippen LogP contribution in [0.1, 0.15) is 40.0 Å². The maximum atomic E-state index is 12.1. The van der Waals surface area contributed by atoms with E-state index >= 15 is 0 Å². The number of nitrogens with zero attached hydrogens (tertiary/aromatic N) is 2. The Kier molecular flexibility index (Phi) is 7.63. The van der Waals surface area contributed by atoms with Crippen LogP contribution in [0.4, 0.5) is 0 Å². The number of hydrogen-bond acceptors (Lipinski definition) is 5. The van der Waals surface area contributed by atoms with Gasteiger partial charge in [0.15, 0.2) is 0 Å². The molecule has 5 nitrogen and oxygen atoms in total. The van der Waals surface area contributed by atoms with E-state index in [9.17, 15) is 4.79 Å². The summed E-state index contributed by atoms with van der Waals surface area (Å²) in [4.78, 5) is 16.9. The molecule has 1 heterocycles. The van der Waals surface area contributed by atoms with Gasteiger partial charge in [-0.2, -0.15) is 0 Å². The Morgan fingerprint density at radius 3 is 2.67 bits per heavy atom. The third-order valence-electron chi connectivity index (χ3n) is 4.42. The van der Waals surface area contributed by atoms with Crippen LogP contribution in [0.5, 0.6) is 0 Å². The lowest BCUT2D eigenvalue weighted by atomic mass is 9.95. The number of carbonyl (C=O) groups is 1. The molecular formula is C16H33N3O2. The van der Waals surface area contributed by atoms with Gasteiger partial charge in [0, 0.05) is 12.6 Å². The topological polar surface area (TPSA) is 44.8 Å². The molecule has 2 unspecified atom stereocenters. The minimum Gasteiger partial charge on any atom is -0.465 e. The number of hydrogen-bond donors (Lipinski definition) is 1. The highest BCUT2D eigenvalue weighted by molar-refractivity contribution is 5.80. The van der Waals surface area contributed by atoms with Crippen LogP contribution in [-0.4, -0.2) is 74.2 Å². The van der Waals surface area contributed by atoms with Crippen LogP contribution in [0, 0.1) is 0 Å². The number of nitrogens with one attached hydrogen (secondary N) is 1. The molecule has 0 amide bonds. The molecule has 1 saturated heterocycles. The summed E-state index contributed by atoms with van der Waals surface area (Å²) in [6.45, 7) is 10.4. The summed E-state index contributed by atoms with van der Waals surface area (Å²) in [6.07, 6.45) is 3.08. The second kappa shape index (κ2) is 8.71. The van der Waals surface area contributed by atoms with Gasteiger partial charge in [-0.05, 0) is 66.8 Å². The SMILES string of the molecule is CCNC(C)(CCCN1CCC(N(C)C)C1)C(=O)OCC. The van der Waals surface area contributed by atoms with Gasteiger partial charge >= 0.3 is 5.97 Å². The average molecular weight is 299 g/mol. The Hall–Kier alpha value is -0.650. The first-order valence-electron chi connectivity index (χ1n) is 8.24. The molecule has 124 valence electrons. The zero-order valence-corrected chi connectivity index (χ0v) is 14.4. The Balaban J connectivity index is 2.39. The van der Waals surface area contributed by atoms with Gasteiger partial charge in [0.05, 0.1) is 6.61 Å². The monoisotopic (exact) mass is 299 g/mol. The summed E-state index contributed by atoms with van der Waals surface area (Å²) in [5, 5.41) is 3.29. The van der Waals surface area contributed by atoms with Gasteiger partial charge in [-0.1, -0.05) is 6.92 Å². The number of esters is 1. The Bertz CT molecular complexity index is 323. The number of rotatable bonds is 9. The summed E-state index contributed by atoms with van der Waals surface area (Å²) >= 11 is 0. The lowest BCUT2D eigenvalue weighted by Gasteiger charge is -2.29. The number of likely N-dealkylation sites (tertiary alicyclic amines) is 1. The highest BCUT2D eigenvalue weighted by Gasteiger charge is 2.33. The maximum Gasteiger partial charge on any atom is 0.326 e. The van der Waals surface area contributed by atoms with Crippen molar-refractivity contribution in [3.05, 3.63) is 0 Å². The quantitative estimate of drug-likeness (QED) is 0.651. The minimum atomic E-state index is -0.550. The predicted molar refractivity (Wildman–Crippen MR) is 86.5 cm³/mol. The highest BCUT2D eigenvalue weighted by atomic mass is 16.5. The molecular weight excluding hydrogens is 266 g/mol. The first-order chi connectivity index (χ1) is 9.92. The zero-order chi connectivity index (χ0) is 15.9. The number of ether oxygens (including phenoxy) is 1. The Labute approximate surface area is 130 Å². The van der Waals surface area contributed by atoms with Crippen molar-refractivity contribution < 1.29 is 9.53 Å². The summed E-state index contributed by atoms with van der Waals surface area (Å²) in [6, 6.07) is 0.676. The van der Waals surface area contributed by atoms with Crippen LogP contribution in [0.2, 0.25) is 0 Å². The van der Waals surface area contributed by atoms with Crippen molar-refractivity contribution >= 4 is 5.97 Å². The van der Waals surface area contributed by atoms with E-state index in [1.807, 2.05) is 20.8 Å². The van der Waals surface area contributed by atoms with Crippen molar-refractivity contribution in [3.8, 4) is 0 Å². The zero-order valence-electron chi connectivity index (χ0n) is 14.4. The van der Waals surface area contributed by atoms with Crippen LogP contribution in [-0.2, 0) is 9.53 Å². The van der Waals surface area contributed by atoms with Gasteiger partial charge < -0.3 is 19.9 Å². The second-order valence-electron chi connectivity index (χ2n) is 6.39. The van der Waals surface area contributed by atoms with E-state index in [0.717, 1.165) is 32.5 Å². The van der Waals surface area contributed by atoms with Crippen molar-refractivity contribution in [2.45, 2.75) is 51.6 Å². The molecule has 0 aromatic carbocycles. The first-order valence-corrected chi connectivity index (χ1v) is 8.24. The van der Waals surface area contributed by atoms with E-state index in [0.29, 0.717) is 12.6 Å². The molecule has 1 rings (SSSR count). The highest BCUT2D eigenvalue weighted by Crippen LogP contribution is 2.18. The lowest BCUT2D eigenvalue weighted by molar-refractivity contribution is -0.150. The third kappa shape index (κ3) is 5.57. The summed E-state index contributed by atoms with van der Waals surface area (Å²) in [7, 11) is 4.30. The fourth-order valence-corrected chi connectivity index (χ4v) is 3.04. The molecule has 0 spiro atoms. The molecule has 1 N–H and O–H groups in total. The van der Waals surface area contributed by atoms with Gasteiger partial charge in [-0.15, -0.1) is 0 Å². The van der Waals surface area contributed by atoms with Gasteiger partial charge in [0.2, 0.25) is 0 Å². The molecule has 1 fully saturated rings. The van der Waals surface area contributed by atoms with Crippen LogP contribution >= 0.6 is 0 Å². The van der Waals surface area contributed by atoms with Crippen molar-refractivity contribution in [2.24, 2.45) is 0 Å². The van der Waals surface area contributed by atoms with Crippen molar-refractivity contribution in [1.82, 2.24) is 15.1 Å². The van der Waals surface area contributed by atoms with Crippen molar-refractivity contribution in [3.63, 3.8) is 0 Å². The molecule has 0 radical (unpaired) electrons. The van der Waals surface area contributed by atoms with E-state index in [4.69, 9.17) is 4.74 Å². The largest absolute Gasteiger partial charge is 0.465 e.